The van der Waals surface area contributed by atoms with E-state index in [4.69, 9.17) is 0 Å². The van der Waals surface area contributed by atoms with Gasteiger partial charge in [-0.1, -0.05) is 0 Å². The van der Waals surface area contributed by atoms with Gasteiger partial charge in [0.2, 0.25) is 11.8 Å². The van der Waals surface area contributed by atoms with E-state index in [-0.39, 0.29) is 46.3 Å². The zero-order chi connectivity index (χ0) is 27.1. The van der Waals surface area contributed by atoms with E-state index in [1.807, 2.05) is 0 Å². The summed E-state index contributed by atoms with van der Waals surface area (Å²) in [5.74, 6) is -0.396. The highest BCUT2D eigenvalue weighted by molar-refractivity contribution is 5.85. The third-order valence-electron chi connectivity index (χ3n) is 7.56. The predicted octanol–water partition coefficient (Wildman–Crippen LogP) is 2.56. The van der Waals surface area contributed by atoms with Crippen LogP contribution in [0.1, 0.15) is 52.0 Å². The van der Waals surface area contributed by atoms with Gasteiger partial charge in [0.15, 0.2) is 5.49 Å². The lowest BCUT2D eigenvalue weighted by molar-refractivity contribution is -0.137. The molecule has 4 atom stereocenters. The lowest BCUT2D eigenvalue weighted by atomic mass is 9.84. The Kier molecular flexibility index (Phi) is 7.50. The number of rotatable bonds is 5. The molecule has 12 heteroatoms. The standard InChI is InChI=1S/C25H33F3N6O3/c1-14(2)32(4)17-6-8-22(20(12-17)30-15(3)35)33-10-9-19(24(33)36)31-23-18-11-16(25(26,27)28)5-7-21(18)34(37)13-29-23/h5,7,11,13-14,17,19-20,22,37H,6,8-10,12H2,1-4H3,(H,30,35)/t17-,19+,20+,22+/m1/s1. The molecule has 2 aromatic rings. The molecule has 1 aliphatic carbocycles. The number of halogens is 3. The molecule has 1 saturated carbocycles. The molecule has 4 rings (SSSR count). The molecule has 2 heterocycles. The number of amides is 2. The highest BCUT2D eigenvalue weighted by atomic mass is 19.4. The molecule has 1 aliphatic heterocycles. The lowest BCUT2D eigenvalue weighted by Crippen LogP contribution is -2.58. The summed E-state index contributed by atoms with van der Waals surface area (Å²) >= 11 is 0. The van der Waals surface area contributed by atoms with E-state index in [9.17, 15) is 28.0 Å². The molecule has 2 amide bonds. The van der Waals surface area contributed by atoms with Crippen molar-refractivity contribution in [3.8, 4) is 0 Å². The molecule has 0 spiro atoms. The Hall–Kier alpha value is -3.15. The number of nitrogens with one attached hydrogen (secondary N) is 1. The number of carbonyl (C=O) groups excluding carboxylic acids is 2. The summed E-state index contributed by atoms with van der Waals surface area (Å²) in [7, 11) is 2.06. The number of carbonyl (C=O) groups is 2. The molecule has 1 aromatic carbocycles. The van der Waals surface area contributed by atoms with Crippen molar-refractivity contribution < 1.29 is 28.0 Å². The Labute approximate surface area is 212 Å². The van der Waals surface area contributed by atoms with Gasteiger partial charge in [-0.2, -0.15) is 17.9 Å². The number of aromatic nitrogens is 2. The number of hydrogen-bond acceptors (Lipinski definition) is 6. The number of hydrogen-bond donors (Lipinski definition) is 2. The first-order valence-corrected chi connectivity index (χ1v) is 12.5. The van der Waals surface area contributed by atoms with Gasteiger partial charge < -0.3 is 20.3 Å². The van der Waals surface area contributed by atoms with Gasteiger partial charge in [0, 0.05) is 30.9 Å². The molecule has 2 fully saturated rings. The second-order valence-electron chi connectivity index (χ2n) is 10.2. The van der Waals surface area contributed by atoms with Crippen molar-refractivity contribution in [3.63, 3.8) is 0 Å². The predicted molar refractivity (Wildman–Crippen MR) is 130 cm³/mol. The van der Waals surface area contributed by atoms with Crippen LogP contribution in [0.3, 0.4) is 0 Å². The first-order valence-electron chi connectivity index (χ1n) is 12.5. The van der Waals surface area contributed by atoms with Crippen LogP contribution in [0.25, 0.3) is 10.9 Å². The highest BCUT2D eigenvalue weighted by Crippen LogP contribution is 2.32. The fourth-order valence-corrected chi connectivity index (χ4v) is 5.43. The molecule has 2 N–H and O–H groups in total. The zero-order valence-corrected chi connectivity index (χ0v) is 21.4. The summed E-state index contributed by atoms with van der Waals surface area (Å²) in [6, 6.07) is 2.31. The maximum absolute atomic E-state index is 13.4. The molecule has 0 unspecified atom stereocenters. The van der Waals surface area contributed by atoms with E-state index in [1.54, 1.807) is 4.90 Å². The Morgan fingerprint density at radius 3 is 2.65 bits per heavy atom. The van der Waals surface area contributed by atoms with Crippen LogP contribution in [0.4, 0.5) is 13.2 Å². The minimum atomic E-state index is -4.58. The van der Waals surface area contributed by atoms with E-state index < -0.39 is 17.8 Å². The molecule has 0 bridgehead atoms. The maximum atomic E-state index is 13.4. The molecule has 0 radical (unpaired) electrons. The topological polar surface area (TPSA) is 103 Å². The van der Waals surface area contributed by atoms with Crippen molar-refractivity contribution in [3.05, 3.63) is 35.6 Å². The van der Waals surface area contributed by atoms with Gasteiger partial charge in [0.25, 0.3) is 0 Å². The summed E-state index contributed by atoms with van der Waals surface area (Å²) in [5.41, 5.74) is -0.834. The van der Waals surface area contributed by atoms with Gasteiger partial charge in [-0.3, -0.25) is 14.6 Å². The van der Waals surface area contributed by atoms with Gasteiger partial charge >= 0.3 is 6.18 Å². The molecule has 37 heavy (non-hydrogen) atoms. The lowest BCUT2D eigenvalue weighted by Gasteiger charge is -2.44. The van der Waals surface area contributed by atoms with Crippen LogP contribution in [-0.4, -0.2) is 80.3 Å². The average molecular weight is 523 g/mol. The summed E-state index contributed by atoms with van der Waals surface area (Å²) in [6.45, 7) is 6.13. The van der Waals surface area contributed by atoms with Crippen LogP contribution in [0.15, 0.2) is 29.5 Å². The molecule has 1 aromatic heterocycles. The van der Waals surface area contributed by atoms with Crippen molar-refractivity contribution in [1.29, 1.82) is 0 Å². The number of likely N-dealkylation sites (tertiary alicyclic amines) is 1. The first-order chi connectivity index (χ1) is 17.4. The molecule has 2 aliphatic rings. The monoisotopic (exact) mass is 522 g/mol. The van der Waals surface area contributed by atoms with Crippen LogP contribution >= 0.6 is 0 Å². The molecule has 1 saturated heterocycles. The van der Waals surface area contributed by atoms with E-state index in [2.05, 4.69) is 41.1 Å². The molecular formula is C25H33F3N6O3. The number of nitrogens with zero attached hydrogens (tertiary/aromatic N) is 5. The van der Waals surface area contributed by atoms with E-state index >= 15 is 0 Å². The quantitative estimate of drug-likeness (QED) is 0.588. The molecular weight excluding hydrogens is 489 g/mol. The molecule has 202 valence electrons. The Morgan fingerprint density at radius 1 is 1.27 bits per heavy atom. The van der Waals surface area contributed by atoms with Crippen LogP contribution in [-0.2, 0) is 15.8 Å². The number of benzene rings is 1. The van der Waals surface area contributed by atoms with Crippen LogP contribution in [0.2, 0.25) is 0 Å². The zero-order valence-electron chi connectivity index (χ0n) is 21.4. The van der Waals surface area contributed by atoms with Crippen LogP contribution in [0, 0.1) is 0 Å². The van der Waals surface area contributed by atoms with E-state index in [0.717, 1.165) is 37.4 Å². The first kappa shape index (κ1) is 26.9. The fourth-order valence-electron chi connectivity index (χ4n) is 5.43. The SMILES string of the molecule is CC(=O)N[C@H]1C[C@H](N(C)C(C)C)CC[C@@H]1N1CC[C@H](N=c2ncn(O)c3ccc(C(F)(F)F)cc23)C1=O. The van der Waals surface area contributed by atoms with Crippen molar-refractivity contribution >= 4 is 22.7 Å². The van der Waals surface area contributed by atoms with Crippen molar-refractivity contribution in [2.45, 2.75) is 82.8 Å². The molecule has 9 nitrogen and oxygen atoms in total. The van der Waals surface area contributed by atoms with Crippen LogP contribution in [0.5, 0.6) is 0 Å². The minimum absolute atomic E-state index is 0.000529. The van der Waals surface area contributed by atoms with E-state index in [1.165, 1.54) is 6.92 Å². The van der Waals surface area contributed by atoms with Crippen molar-refractivity contribution in [1.82, 2.24) is 24.8 Å². The highest BCUT2D eigenvalue weighted by Gasteiger charge is 2.43. The third kappa shape index (κ3) is 5.58. The summed E-state index contributed by atoms with van der Waals surface area (Å²) in [5, 5.41) is 13.1. The van der Waals surface area contributed by atoms with Gasteiger partial charge in [-0.05, 0) is 64.8 Å². The Balaban J connectivity index is 1.62. The maximum Gasteiger partial charge on any atom is 0.416 e. The second kappa shape index (κ2) is 10.3. The fraction of sp³-hybridized carbons (Fsp3) is 0.600. The summed E-state index contributed by atoms with van der Waals surface area (Å²) < 4.78 is 40.5. The largest absolute Gasteiger partial charge is 0.427 e. The van der Waals surface area contributed by atoms with Crippen LogP contribution < -0.4 is 10.8 Å². The average Bonchev–Trinajstić information content (AvgIpc) is 3.18. The Morgan fingerprint density at radius 2 is 2.00 bits per heavy atom. The summed E-state index contributed by atoms with van der Waals surface area (Å²) in [6.07, 6.45) is -0.840. The number of alkyl halides is 3. The third-order valence-corrected chi connectivity index (χ3v) is 7.56. The van der Waals surface area contributed by atoms with E-state index in [0.29, 0.717) is 30.2 Å². The van der Waals surface area contributed by atoms with Gasteiger partial charge in [-0.25, -0.2) is 4.98 Å². The summed E-state index contributed by atoms with van der Waals surface area (Å²) in [4.78, 5) is 37.9. The van der Waals surface area contributed by atoms with Gasteiger partial charge in [-0.15, -0.1) is 0 Å². The van der Waals surface area contributed by atoms with Crippen molar-refractivity contribution in [2.75, 3.05) is 13.6 Å². The minimum Gasteiger partial charge on any atom is -0.427 e. The number of fused-ring (bicyclic) bond motifs is 1. The Bertz CT molecular complexity index is 1240. The smallest absolute Gasteiger partial charge is 0.416 e. The second-order valence-corrected chi connectivity index (χ2v) is 10.2. The van der Waals surface area contributed by atoms with Crippen molar-refractivity contribution in [2.24, 2.45) is 4.99 Å². The van der Waals surface area contributed by atoms with Gasteiger partial charge in [0.1, 0.15) is 12.4 Å². The van der Waals surface area contributed by atoms with Gasteiger partial charge in [0.05, 0.1) is 23.2 Å². The normalized spacial score (nSPS) is 25.5.